The Labute approximate surface area is 70.8 Å². The zero-order valence-electron chi connectivity index (χ0n) is 6.63. The molecule has 0 fully saturated rings. The minimum absolute atomic E-state index is 0.0876. The van der Waals surface area contributed by atoms with Crippen LogP contribution in [-0.2, 0) is 4.79 Å². The second-order valence-corrected chi connectivity index (χ2v) is 2.80. The van der Waals surface area contributed by atoms with Gasteiger partial charge in [0, 0.05) is 18.8 Å². The smallest absolute Gasteiger partial charge is 0.224 e. The van der Waals surface area contributed by atoms with Gasteiger partial charge in [0.15, 0.2) is 0 Å². The number of carbonyl (C=O) groups excluding carboxylic acids is 1. The normalized spacial score (nSPS) is 21.2. The molecule has 0 spiro atoms. The highest BCUT2D eigenvalue weighted by atomic mass is 16.1. The van der Waals surface area contributed by atoms with Gasteiger partial charge in [-0.1, -0.05) is 6.08 Å². The molecule has 0 aromatic rings. The van der Waals surface area contributed by atoms with Crippen molar-refractivity contribution in [3.8, 4) is 0 Å². The van der Waals surface area contributed by atoms with Crippen molar-refractivity contribution in [3.05, 3.63) is 35.8 Å². The molecule has 0 aliphatic carbocycles. The van der Waals surface area contributed by atoms with Crippen molar-refractivity contribution < 1.29 is 4.79 Å². The zero-order valence-corrected chi connectivity index (χ0v) is 6.63. The number of fused-ring (bicyclic) bond motifs is 1. The summed E-state index contributed by atoms with van der Waals surface area (Å²) in [6, 6.07) is 0. The van der Waals surface area contributed by atoms with Gasteiger partial charge in [-0.05, 0) is 18.1 Å². The molecule has 2 rings (SSSR count). The topological polar surface area (TPSA) is 41.1 Å². The maximum atomic E-state index is 11.1. The zero-order chi connectivity index (χ0) is 8.39. The van der Waals surface area contributed by atoms with Crippen molar-refractivity contribution in [3.63, 3.8) is 0 Å². The molecule has 3 heteroatoms. The van der Waals surface area contributed by atoms with E-state index in [0.29, 0.717) is 6.42 Å². The van der Waals surface area contributed by atoms with Gasteiger partial charge in [-0.3, -0.25) is 4.79 Å². The molecule has 0 unspecified atom stereocenters. The van der Waals surface area contributed by atoms with Crippen molar-refractivity contribution in [1.29, 1.82) is 0 Å². The Morgan fingerprint density at radius 1 is 1.42 bits per heavy atom. The van der Waals surface area contributed by atoms with E-state index in [1.54, 1.807) is 6.20 Å². The van der Waals surface area contributed by atoms with Crippen LogP contribution in [0.5, 0.6) is 0 Å². The summed E-state index contributed by atoms with van der Waals surface area (Å²) in [5.41, 5.74) is 1.97. The van der Waals surface area contributed by atoms with Crippen molar-refractivity contribution in [2.45, 2.75) is 12.8 Å². The van der Waals surface area contributed by atoms with Crippen molar-refractivity contribution in [1.82, 2.24) is 10.6 Å². The highest BCUT2D eigenvalue weighted by molar-refractivity contribution is 5.80. The average molecular weight is 162 g/mol. The Hall–Kier alpha value is -1.51. The lowest BCUT2D eigenvalue weighted by molar-refractivity contribution is -0.120. The van der Waals surface area contributed by atoms with Gasteiger partial charge in [0.2, 0.25) is 5.91 Å². The van der Waals surface area contributed by atoms with E-state index >= 15 is 0 Å². The molecule has 0 aromatic carbocycles. The second kappa shape index (κ2) is 2.85. The minimum atomic E-state index is 0.0876. The summed E-state index contributed by atoms with van der Waals surface area (Å²) in [6.07, 6.45) is 9.08. The maximum absolute atomic E-state index is 11.1. The maximum Gasteiger partial charge on any atom is 0.224 e. The van der Waals surface area contributed by atoms with Crippen LogP contribution in [0.2, 0.25) is 0 Å². The Kier molecular flexibility index (Phi) is 1.70. The van der Waals surface area contributed by atoms with Crippen LogP contribution in [0.3, 0.4) is 0 Å². The van der Waals surface area contributed by atoms with Gasteiger partial charge in [0.25, 0.3) is 0 Å². The number of hydrogen-bond acceptors (Lipinski definition) is 2. The second-order valence-electron chi connectivity index (χ2n) is 2.80. The fourth-order valence-corrected chi connectivity index (χ4v) is 1.30. The molecule has 1 amide bonds. The first-order valence-electron chi connectivity index (χ1n) is 3.99. The van der Waals surface area contributed by atoms with E-state index < -0.39 is 0 Å². The molecule has 0 aromatic heterocycles. The first-order valence-corrected chi connectivity index (χ1v) is 3.99. The number of allylic oxidation sites excluding steroid dienone is 2. The van der Waals surface area contributed by atoms with Gasteiger partial charge in [-0.25, -0.2) is 0 Å². The van der Waals surface area contributed by atoms with E-state index in [-0.39, 0.29) is 5.91 Å². The van der Waals surface area contributed by atoms with Gasteiger partial charge in [0.05, 0.1) is 5.70 Å². The van der Waals surface area contributed by atoms with Crippen LogP contribution in [0.4, 0.5) is 0 Å². The lowest BCUT2D eigenvalue weighted by atomic mass is 10.1. The summed E-state index contributed by atoms with van der Waals surface area (Å²) in [7, 11) is 0. The molecule has 12 heavy (non-hydrogen) atoms. The van der Waals surface area contributed by atoms with Crippen molar-refractivity contribution in [2.24, 2.45) is 0 Å². The lowest BCUT2D eigenvalue weighted by Gasteiger charge is -2.11. The molecular weight excluding hydrogens is 152 g/mol. The van der Waals surface area contributed by atoms with Crippen LogP contribution < -0.4 is 10.6 Å². The highest BCUT2D eigenvalue weighted by Gasteiger charge is 2.12. The molecule has 2 heterocycles. The molecule has 2 N–H and O–H groups in total. The Morgan fingerprint density at radius 2 is 2.33 bits per heavy atom. The predicted molar refractivity (Wildman–Crippen MR) is 45.8 cm³/mol. The van der Waals surface area contributed by atoms with Crippen LogP contribution in [0, 0.1) is 0 Å². The molecule has 0 saturated carbocycles. The number of rotatable bonds is 0. The standard InChI is InChI=1S/C9H10N2O/c12-9-3-1-2-7-4-5-10-6-8(7)11-9/h2,4-6,10H,1,3H2,(H,11,12). The quantitative estimate of drug-likeness (QED) is 0.552. The van der Waals surface area contributed by atoms with Gasteiger partial charge in [-0.15, -0.1) is 0 Å². The van der Waals surface area contributed by atoms with Crippen LogP contribution in [0.1, 0.15) is 12.8 Å². The van der Waals surface area contributed by atoms with E-state index in [9.17, 15) is 4.79 Å². The van der Waals surface area contributed by atoms with Crippen LogP contribution in [0.25, 0.3) is 0 Å². The fraction of sp³-hybridized carbons (Fsp3) is 0.222. The largest absolute Gasteiger partial charge is 0.366 e. The molecule has 2 aliphatic rings. The Bertz CT molecular complexity index is 300. The summed E-state index contributed by atoms with van der Waals surface area (Å²) in [5, 5.41) is 5.76. The molecular formula is C9H10N2O. The third-order valence-electron chi connectivity index (χ3n) is 1.91. The van der Waals surface area contributed by atoms with Crippen LogP contribution in [0.15, 0.2) is 35.8 Å². The van der Waals surface area contributed by atoms with E-state index in [1.807, 2.05) is 12.3 Å². The summed E-state index contributed by atoms with van der Waals surface area (Å²) in [6.45, 7) is 0. The number of dihydropyridines is 1. The molecule has 0 saturated heterocycles. The van der Waals surface area contributed by atoms with E-state index in [0.717, 1.165) is 17.7 Å². The molecule has 62 valence electrons. The predicted octanol–water partition coefficient (Wildman–Crippen LogP) is 0.781. The summed E-state index contributed by atoms with van der Waals surface area (Å²) in [4.78, 5) is 11.1. The third kappa shape index (κ3) is 1.25. The van der Waals surface area contributed by atoms with Gasteiger partial charge < -0.3 is 10.6 Å². The van der Waals surface area contributed by atoms with Crippen molar-refractivity contribution in [2.75, 3.05) is 0 Å². The minimum Gasteiger partial charge on any atom is -0.366 e. The first-order chi connectivity index (χ1) is 5.86. The number of nitrogens with one attached hydrogen (secondary N) is 2. The Balaban J connectivity index is 2.29. The summed E-state index contributed by atoms with van der Waals surface area (Å²) in [5.74, 6) is 0.0876. The van der Waals surface area contributed by atoms with Crippen LogP contribution >= 0.6 is 0 Å². The lowest BCUT2D eigenvalue weighted by Crippen LogP contribution is -2.23. The van der Waals surface area contributed by atoms with Crippen LogP contribution in [-0.4, -0.2) is 5.91 Å². The number of hydrogen-bond donors (Lipinski definition) is 2. The highest BCUT2D eigenvalue weighted by Crippen LogP contribution is 2.16. The van der Waals surface area contributed by atoms with Gasteiger partial charge >= 0.3 is 0 Å². The van der Waals surface area contributed by atoms with Gasteiger partial charge in [-0.2, -0.15) is 0 Å². The fourth-order valence-electron chi connectivity index (χ4n) is 1.30. The number of amides is 1. The summed E-state index contributed by atoms with van der Waals surface area (Å²) < 4.78 is 0. The summed E-state index contributed by atoms with van der Waals surface area (Å²) >= 11 is 0. The third-order valence-corrected chi connectivity index (χ3v) is 1.91. The van der Waals surface area contributed by atoms with E-state index in [1.165, 1.54) is 0 Å². The average Bonchev–Trinajstić information content (AvgIpc) is 2.25. The molecule has 0 radical (unpaired) electrons. The van der Waals surface area contributed by atoms with E-state index in [4.69, 9.17) is 0 Å². The monoisotopic (exact) mass is 162 g/mol. The first kappa shape index (κ1) is 7.16. The number of carbonyl (C=O) groups is 1. The molecule has 0 atom stereocenters. The molecule has 3 nitrogen and oxygen atoms in total. The van der Waals surface area contributed by atoms with Gasteiger partial charge in [0.1, 0.15) is 0 Å². The molecule has 0 bridgehead atoms. The van der Waals surface area contributed by atoms with E-state index in [2.05, 4.69) is 16.7 Å². The molecule has 2 aliphatic heterocycles. The Morgan fingerprint density at radius 3 is 3.25 bits per heavy atom. The van der Waals surface area contributed by atoms with Crippen molar-refractivity contribution >= 4 is 5.91 Å². The SMILES string of the molecule is O=C1CCC=C2C=CNC=C2N1.